The number of hydrogen-bond acceptors (Lipinski definition) is 1. The van der Waals surface area contributed by atoms with E-state index in [4.69, 9.17) is 0 Å². The van der Waals surface area contributed by atoms with Crippen LogP contribution in [0.2, 0.25) is 0 Å². The molecule has 0 spiro atoms. The molecular formula is C46H50BN. The normalized spacial score (nSPS) is 19.9. The molecule has 2 heteroatoms. The van der Waals surface area contributed by atoms with Gasteiger partial charge in [0.1, 0.15) is 0 Å². The average Bonchev–Trinajstić information content (AvgIpc) is 3.04. The summed E-state index contributed by atoms with van der Waals surface area (Å²) in [6.07, 6.45) is 0. The lowest BCUT2D eigenvalue weighted by molar-refractivity contribution is 0.544. The summed E-state index contributed by atoms with van der Waals surface area (Å²) in [5.41, 5.74) is 17.8. The predicted molar refractivity (Wildman–Crippen MR) is 207 cm³/mol. The molecule has 1 nitrogen and oxygen atoms in total. The van der Waals surface area contributed by atoms with Crippen molar-refractivity contribution in [2.24, 2.45) is 0 Å². The maximum absolute atomic E-state index is 2.82. The first-order valence-corrected chi connectivity index (χ1v) is 17.9. The van der Waals surface area contributed by atoms with E-state index in [1.165, 1.54) is 72.4 Å². The monoisotopic (exact) mass is 627 g/mol. The zero-order valence-electron chi connectivity index (χ0n) is 30.8. The zero-order valence-corrected chi connectivity index (χ0v) is 30.8. The van der Waals surface area contributed by atoms with E-state index in [1.54, 1.807) is 0 Å². The van der Waals surface area contributed by atoms with Crippen molar-refractivity contribution in [1.29, 1.82) is 0 Å². The average molecular weight is 628 g/mol. The van der Waals surface area contributed by atoms with Gasteiger partial charge in [0.25, 0.3) is 0 Å². The predicted octanol–water partition coefficient (Wildman–Crippen LogP) is 10.2. The summed E-state index contributed by atoms with van der Waals surface area (Å²) in [4.78, 5) is 2.82. The Bertz CT molecular complexity index is 2070. The van der Waals surface area contributed by atoms with Gasteiger partial charge in [-0.05, 0) is 78.8 Å². The maximum atomic E-state index is 2.82. The molecule has 0 bridgehead atoms. The molecule has 5 aromatic rings. The number of rotatable bonds is 1. The Kier molecular flexibility index (Phi) is 6.37. The van der Waals surface area contributed by atoms with Crippen LogP contribution in [0.3, 0.4) is 0 Å². The second-order valence-electron chi connectivity index (χ2n) is 18.0. The number of benzene rings is 5. The van der Waals surface area contributed by atoms with E-state index in [1.807, 2.05) is 0 Å². The SMILES string of the molecule is CC(C)(C)c1cccc2c1N(B1c3ccccc3C3(C)c4ccccc4C(C)(C)c4cccc1c43)c1c(C(C)(C)C)cccc1C2(C)C. The van der Waals surface area contributed by atoms with E-state index in [2.05, 4.69) is 184 Å². The van der Waals surface area contributed by atoms with Crippen LogP contribution in [0.4, 0.5) is 11.4 Å². The third-order valence-electron chi connectivity index (χ3n) is 12.3. The van der Waals surface area contributed by atoms with E-state index < -0.39 is 0 Å². The van der Waals surface area contributed by atoms with Crippen molar-refractivity contribution in [3.8, 4) is 0 Å². The fourth-order valence-corrected chi connectivity index (χ4v) is 9.88. The summed E-state index contributed by atoms with van der Waals surface area (Å²) in [5.74, 6) is 0. The molecule has 2 heterocycles. The van der Waals surface area contributed by atoms with Crippen LogP contribution < -0.4 is 15.7 Å². The molecule has 0 radical (unpaired) electrons. The molecule has 0 fully saturated rings. The molecule has 1 aliphatic carbocycles. The maximum Gasteiger partial charge on any atom is 0.328 e. The number of hydrogen-bond donors (Lipinski definition) is 0. The van der Waals surface area contributed by atoms with Crippen LogP contribution in [-0.4, -0.2) is 6.85 Å². The lowest BCUT2D eigenvalue weighted by Gasteiger charge is -2.54. The van der Waals surface area contributed by atoms with Gasteiger partial charge in [0, 0.05) is 27.6 Å². The molecule has 1 atom stereocenters. The lowest BCUT2D eigenvalue weighted by Crippen LogP contribution is -2.65. The molecule has 1 unspecified atom stereocenters. The van der Waals surface area contributed by atoms with Gasteiger partial charge in [-0.3, -0.25) is 0 Å². The van der Waals surface area contributed by atoms with Gasteiger partial charge < -0.3 is 4.81 Å². The van der Waals surface area contributed by atoms with E-state index in [0.29, 0.717) is 0 Å². The minimum atomic E-state index is -0.265. The summed E-state index contributed by atoms with van der Waals surface area (Å²) in [7, 11) is 0. The van der Waals surface area contributed by atoms with Crippen LogP contribution in [0.25, 0.3) is 0 Å². The molecule has 48 heavy (non-hydrogen) atoms. The molecule has 242 valence electrons. The van der Waals surface area contributed by atoms with Crippen molar-refractivity contribution >= 4 is 29.1 Å². The van der Waals surface area contributed by atoms with Gasteiger partial charge in [0.05, 0.1) is 0 Å². The number of fused-ring (bicyclic) bond motifs is 6. The Morgan fingerprint density at radius 1 is 0.438 bits per heavy atom. The Balaban J connectivity index is 1.57. The molecule has 0 saturated heterocycles. The highest BCUT2D eigenvalue weighted by Crippen LogP contribution is 2.57. The third kappa shape index (κ3) is 3.92. The smallest absolute Gasteiger partial charge is 0.328 e. The molecule has 5 aromatic carbocycles. The summed E-state index contributed by atoms with van der Waals surface area (Å²) in [6, 6.07) is 40.0. The van der Waals surface area contributed by atoms with Gasteiger partial charge in [-0.2, -0.15) is 0 Å². The molecular weight excluding hydrogens is 577 g/mol. The van der Waals surface area contributed by atoms with Crippen molar-refractivity contribution in [2.75, 3.05) is 4.81 Å². The Morgan fingerprint density at radius 3 is 1.42 bits per heavy atom. The molecule has 3 aliphatic rings. The van der Waals surface area contributed by atoms with Gasteiger partial charge in [-0.15, -0.1) is 0 Å². The molecule has 0 aromatic heterocycles. The van der Waals surface area contributed by atoms with Crippen LogP contribution in [0.1, 0.15) is 126 Å². The summed E-state index contributed by atoms with van der Waals surface area (Å²) in [6.45, 7) is 26.6. The number of para-hydroxylation sites is 2. The van der Waals surface area contributed by atoms with Gasteiger partial charge in [0.15, 0.2) is 0 Å². The molecule has 2 aliphatic heterocycles. The fourth-order valence-electron chi connectivity index (χ4n) is 9.88. The zero-order chi connectivity index (χ0) is 34.2. The fraction of sp³-hybridized carbons (Fsp3) is 0.348. The summed E-state index contributed by atoms with van der Waals surface area (Å²) in [5, 5.41) is 0. The van der Waals surface area contributed by atoms with E-state index in [-0.39, 0.29) is 33.9 Å². The van der Waals surface area contributed by atoms with E-state index in [9.17, 15) is 0 Å². The van der Waals surface area contributed by atoms with Crippen LogP contribution in [0.5, 0.6) is 0 Å². The van der Waals surface area contributed by atoms with Crippen LogP contribution in [0, 0.1) is 0 Å². The highest BCUT2D eigenvalue weighted by molar-refractivity contribution is 6.90. The van der Waals surface area contributed by atoms with Crippen LogP contribution >= 0.6 is 0 Å². The van der Waals surface area contributed by atoms with Crippen molar-refractivity contribution in [1.82, 2.24) is 0 Å². The Morgan fingerprint density at radius 2 is 0.854 bits per heavy atom. The number of anilines is 2. The summed E-state index contributed by atoms with van der Waals surface area (Å²) < 4.78 is 0. The standard InChI is InChI=1S/C46H50BN/c1-42(2,3)33-23-16-25-35-40(33)48(41-34(43(4,5)6)24-17-26-36(41)45(35,9)10)47-37-27-15-14-21-31(37)46(11)30-20-13-12-19-29(30)44(7,8)32-22-18-28-38(47)39(32)46/h12-28H,1-11H3. The quantitative estimate of drug-likeness (QED) is 0.167. The largest absolute Gasteiger partial charge is 0.376 e. The molecule has 0 amide bonds. The van der Waals surface area contributed by atoms with Gasteiger partial charge in [0.2, 0.25) is 0 Å². The first-order chi connectivity index (χ1) is 22.5. The van der Waals surface area contributed by atoms with Gasteiger partial charge >= 0.3 is 6.85 Å². The van der Waals surface area contributed by atoms with Crippen LogP contribution in [-0.2, 0) is 27.1 Å². The Labute approximate surface area is 289 Å². The van der Waals surface area contributed by atoms with Crippen molar-refractivity contribution in [2.45, 2.75) is 103 Å². The molecule has 0 saturated carbocycles. The van der Waals surface area contributed by atoms with Crippen LogP contribution in [0.15, 0.2) is 103 Å². The van der Waals surface area contributed by atoms with E-state index >= 15 is 0 Å². The first kappa shape index (κ1) is 31.2. The van der Waals surface area contributed by atoms with Gasteiger partial charge in [-0.25, -0.2) is 0 Å². The highest BCUT2D eigenvalue weighted by atomic mass is 15.1. The molecule has 8 rings (SSSR count). The summed E-state index contributed by atoms with van der Waals surface area (Å²) >= 11 is 0. The minimum Gasteiger partial charge on any atom is -0.376 e. The van der Waals surface area contributed by atoms with Gasteiger partial charge in [-0.1, -0.05) is 172 Å². The topological polar surface area (TPSA) is 3.24 Å². The van der Waals surface area contributed by atoms with E-state index in [0.717, 1.165) is 0 Å². The second-order valence-corrected chi connectivity index (χ2v) is 18.0. The highest BCUT2D eigenvalue weighted by Gasteiger charge is 2.54. The molecule has 0 N–H and O–H groups in total. The van der Waals surface area contributed by atoms with Crippen molar-refractivity contribution < 1.29 is 0 Å². The Hall–Kier alpha value is -4.04. The van der Waals surface area contributed by atoms with Crippen molar-refractivity contribution in [3.63, 3.8) is 0 Å². The minimum absolute atomic E-state index is 0.00545. The third-order valence-corrected chi connectivity index (χ3v) is 12.3. The number of nitrogens with zero attached hydrogens (tertiary/aromatic N) is 1. The lowest BCUT2D eigenvalue weighted by atomic mass is 9.37. The van der Waals surface area contributed by atoms with Crippen molar-refractivity contribution in [3.05, 3.63) is 153 Å². The first-order valence-electron chi connectivity index (χ1n) is 17.9. The second kappa shape index (κ2) is 9.78.